The molecule has 1 aliphatic heterocycles. The molecule has 1 aliphatic rings. The van der Waals surface area contributed by atoms with Crippen LogP contribution in [-0.4, -0.2) is 27.8 Å². The van der Waals surface area contributed by atoms with Crippen molar-refractivity contribution in [2.24, 2.45) is 7.05 Å². The molecule has 1 atom stereocenters. The van der Waals surface area contributed by atoms with Gasteiger partial charge in [0.2, 0.25) is 0 Å². The van der Waals surface area contributed by atoms with E-state index >= 15 is 0 Å². The lowest BCUT2D eigenvalue weighted by atomic mass is 10.1. The molecule has 7 heteroatoms. The van der Waals surface area contributed by atoms with Gasteiger partial charge in [-0.05, 0) is 46.8 Å². The normalized spacial score (nSPS) is 16.4. The Balaban J connectivity index is 2.01. The first kappa shape index (κ1) is 13.6. The van der Waals surface area contributed by atoms with Crippen molar-refractivity contribution in [1.82, 2.24) is 20.3 Å². The van der Waals surface area contributed by atoms with E-state index in [-0.39, 0.29) is 6.04 Å². The van der Waals surface area contributed by atoms with Crippen LogP contribution in [-0.2, 0) is 19.2 Å². The summed E-state index contributed by atoms with van der Waals surface area (Å²) in [5.74, 6) is 2.39. The molecule has 0 aromatic carbocycles. The van der Waals surface area contributed by atoms with Crippen molar-refractivity contribution in [1.29, 1.82) is 0 Å². The molecule has 1 unspecified atom stereocenters. The van der Waals surface area contributed by atoms with Crippen LogP contribution in [0.3, 0.4) is 0 Å². The topological polar surface area (TPSA) is 42.7 Å². The van der Waals surface area contributed by atoms with E-state index in [4.69, 9.17) is 0 Å². The van der Waals surface area contributed by atoms with E-state index in [2.05, 4.69) is 37.6 Å². The molecule has 2 aromatic rings. The Morgan fingerprint density at radius 2 is 2.37 bits per heavy atom. The summed E-state index contributed by atoms with van der Waals surface area (Å²) in [5.41, 5.74) is 2.58. The number of nitrogens with one attached hydrogen (secondary N) is 1. The van der Waals surface area contributed by atoms with Crippen LogP contribution >= 0.6 is 39.0 Å². The molecule has 3 heterocycles. The highest BCUT2D eigenvalue weighted by Gasteiger charge is 2.24. The van der Waals surface area contributed by atoms with Gasteiger partial charge in [-0.3, -0.25) is 0 Å². The molecule has 1 N–H and O–H groups in total. The summed E-state index contributed by atoms with van der Waals surface area (Å²) >= 11 is 7.43. The van der Waals surface area contributed by atoms with Gasteiger partial charge in [0, 0.05) is 22.6 Å². The van der Waals surface area contributed by atoms with E-state index in [0.717, 1.165) is 16.0 Å². The van der Waals surface area contributed by atoms with Crippen LogP contribution in [0.25, 0.3) is 0 Å². The van der Waals surface area contributed by atoms with Gasteiger partial charge in [-0.2, -0.15) is 11.8 Å². The first-order chi connectivity index (χ1) is 9.20. The van der Waals surface area contributed by atoms with Crippen molar-refractivity contribution in [3.63, 3.8) is 0 Å². The molecule has 0 radical (unpaired) electrons. The molecule has 3 rings (SSSR count). The average Bonchev–Trinajstić information content (AvgIpc) is 2.97. The Morgan fingerprint density at radius 1 is 1.53 bits per heavy atom. The first-order valence-corrected chi connectivity index (χ1v) is 8.88. The Bertz CT molecular complexity index is 550. The van der Waals surface area contributed by atoms with E-state index in [9.17, 15) is 0 Å². The van der Waals surface area contributed by atoms with Crippen molar-refractivity contribution in [3.8, 4) is 0 Å². The number of rotatable bonds is 3. The lowest BCUT2D eigenvalue weighted by Crippen LogP contribution is -2.20. The van der Waals surface area contributed by atoms with Crippen LogP contribution in [0.2, 0.25) is 0 Å². The summed E-state index contributed by atoms with van der Waals surface area (Å²) in [6, 6.07) is 2.49. The number of aromatic nitrogens is 3. The summed E-state index contributed by atoms with van der Waals surface area (Å²) in [5, 5.41) is 11.5. The van der Waals surface area contributed by atoms with Crippen molar-refractivity contribution in [3.05, 3.63) is 31.7 Å². The van der Waals surface area contributed by atoms with Crippen LogP contribution < -0.4 is 5.32 Å². The fourth-order valence-electron chi connectivity index (χ4n) is 2.37. The van der Waals surface area contributed by atoms with Crippen LogP contribution in [0.5, 0.6) is 0 Å². The molecule has 19 heavy (non-hydrogen) atoms. The molecular weight excluding hydrogens is 344 g/mol. The number of halogens is 1. The third-order valence-electron chi connectivity index (χ3n) is 3.32. The Kier molecular flexibility index (Phi) is 3.98. The van der Waals surface area contributed by atoms with Crippen LogP contribution in [0.15, 0.2) is 10.7 Å². The minimum atomic E-state index is 0.148. The molecule has 0 spiro atoms. The lowest BCUT2D eigenvalue weighted by Gasteiger charge is -2.14. The lowest BCUT2D eigenvalue weighted by molar-refractivity contribution is 0.603. The van der Waals surface area contributed by atoms with E-state index in [1.165, 1.54) is 22.6 Å². The zero-order chi connectivity index (χ0) is 13.4. The smallest absolute Gasteiger partial charge is 0.153 e. The number of hydrogen-bond donors (Lipinski definition) is 1. The maximum atomic E-state index is 4.08. The second kappa shape index (κ2) is 5.55. The van der Waals surface area contributed by atoms with Crippen LogP contribution in [0.1, 0.15) is 27.1 Å². The van der Waals surface area contributed by atoms with Crippen molar-refractivity contribution in [2.75, 3.05) is 12.8 Å². The van der Waals surface area contributed by atoms with Crippen molar-refractivity contribution >= 4 is 39.0 Å². The van der Waals surface area contributed by atoms with Gasteiger partial charge in [0.1, 0.15) is 0 Å². The van der Waals surface area contributed by atoms with Crippen LogP contribution in [0, 0.1) is 0 Å². The molecule has 0 fully saturated rings. The van der Waals surface area contributed by atoms with Gasteiger partial charge in [0.25, 0.3) is 0 Å². The minimum absolute atomic E-state index is 0.148. The molecule has 0 saturated heterocycles. The van der Waals surface area contributed by atoms with Gasteiger partial charge in [-0.1, -0.05) is 5.21 Å². The standard InChI is InChI=1S/C12H15BrN4S2/c1-14-10(11-12(13)15-16-17(11)2)9-5-7-6-18-4-3-8(7)19-9/h5,10,14H,3-4,6H2,1-2H3. The number of fused-ring (bicyclic) bond motifs is 1. The monoisotopic (exact) mass is 358 g/mol. The molecule has 2 aromatic heterocycles. The van der Waals surface area contributed by atoms with Crippen molar-refractivity contribution < 1.29 is 0 Å². The number of aryl methyl sites for hydroxylation is 2. The fraction of sp³-hybridized carbons (Fsp3) is 0.500. The predicted molar refractivity (Wildman–Crippen MR) is 83.8 cm³/mol. The quantitative estimate of drug-likeness (QED) is 0.915. The highest BCUT2D eigenvalue weighted by molar-refractivity contribution is 9.10. The molecule has 0 aliphatic carbocycles. The summed E-state index contributed by atoms with van der Waals surface area (Å²) in [4.78, 5) is 2.89. The largest absolute Gasteiger partial charge is 0.307 e. The third kappa shape index (κ3) is 2.49. The maximum absolute atomic E-state index is 4.08. The first-order valence-electron chi connectivity index (χ1n) is 6.12. The number of nitrogens with zero attached hydrogens (tertiary/aromatic N) is 3. The van der Waals surface area contributed by atoms with Gasteiger partial charge < -0.3 is 5.32 Å². The highest BCUT2D eigenvalue weighted by atomic mass is 79.9. The molecule has 0 saturated carbocycles. The van der Waals surface area contributed by atoms with Gasteiger partial charge in [-0.15, -0.1) is 16.4 Å². The Hall–Kier alpha value is -0.370. The summed E-state index contributed by atoms with van der Waals surface area (Å²) in [6.45, 7) is 0. The van der Waals surface area contributed by atoms with Gasteiger partial charge >= 0.3 is 0 Å². The Labute approximate surface area is 129 Å². The number of hydrogen-bond acceptors (Lipinski definition) is 5. The fourth-order valence-corrected chi connectivity index (χ4v) is 5.42. The molecule has 0 amide bonds. The third-order valence-corrected chi connectivity index (χ3v) is 6.19. The average molecular weight is 359 g/mol. The van der Waals surface area contributed by atoms with Crippen molar-refractivity contribution in [2.45, 2.75) is 18.2 Å². The van der Waals surface area contributed by atoms with Crippen LogP contribution in [0.4, 0.5) is 0 Å². The zero-order valence-corrected chi connectivity index (χ0v) is 14.0. The van der Waals surface area contributed by atoms with E-state index in [0.29, 0.717) is 0 Å². The minimum Gasteiger partial charge on any atom is -0.307 e. The zero-order valence-electron chi connectivity index (χ0n) is 10.8. The molecule has 102 valence electrons. The second-order valence-corrected chi connectivity index (χ2v) is 7.54. The summed E-state index contributed by atoms with van der Waals surface area (Å²) in [6.07, 6.45) is 1.20. The predicted octanol–water partition coefficient (Wildman–Crippen LogP) is 2.74. The number of thiophene rings is 1. The summed E-state index contributed by atoms with van der Waals surface area (Å²) < 4.78 is 2.65. The maximum Gasteiger partial charge on any atom is 0.153 e. The van der Waals surface area contributed by atoms with Gasteiger partial charge in [0.05, 0.1) is 11.7 Å². The van der Waals surface area contributed by atoms with E-state index in [1.807, 2.05) is 41.9 Å². The summed E-state index contributed by atoms with van der Waals surface area (Å²) in [7, 11) is 3.92. The highest BCUT2D eigenvalue weighted by Crippen LogP contribution is 2.37. The van der Waals surface area contributed by atoms with E-state index < -0.39 is 0 Å². The number of thioether (sulfide) groups is 1. The van der Waals surface area contributed by atoms with Gasteiger partial charge in [0.15, 0.2) is 4.60 Å². The SMILES string of the molecule is CNC(c1cc2c(s1)CCSC2)c1c(Br)nnn1C. The van der Waals surface area contributed by atoms with Gasteiger partial charge in [-0.25, -0.2) is 4.68 Å². The molecular formula is C12H15BrN4S2. The molecule has 4 nitrogen and oxygen atoms in total. The Morgan fingerprint density at radius 3 is 3.00 bits per heavy atom. The second-order valence-electron chi connectivity index (χ2n) is 4.51. The molecule has 0 bridgehead atoms. The van der Waals surface area contributed by atoms with E-state index in [1.54, 1.807) is 4.88 Å².